The Bertz CT molecular complexity index is 327. The van der Waals surface area contributed by atoms with E-state index in [0.717, 1.165) is 6.54 Å². The van der Waals surface area contributed by atoms with E-state index in [0.29, 0.717) is 0 Å². The third-order valence-electron chi connectivity index (χ3n) is 2.21. The first-order chi connectivity index (χ1) is 6.84. The van der Waals surface area contributed by atoms with Crippen molar-refractivity contribution in [2.45, 2.75) is 12.6 Å². The van der Waals surface area contributed by atoms with E-state index in [2.05, 4.69) is 29.2 Å². The summed E-state index contributed by atoms with van der Waals surface area (Å²) in [7, 11) is 0. The Morgan fingerprint density at radius 1 is 1.07 bits per heavy atom. The highest BCUT2D eigenvalue weighted by Crippen LogP contribution is 2.08. The fourth-order valence-electron chi connectivity index (χ4n) is 1.43. The molecule has 0 atom stereocenters. The summed E-state index contributed by atoms with van der Waals surface area (Å²) >= 11 is 0. The molecule has 0 aromatic heterocycles. The van der Waals surface area contributed by atoms with Gasteiger partial charge in [-0.2, -0.15) is 0 Å². The molecule has 0 amide bonds. The minimum absolute atomic E-state index is 0.0713. The van der Waals surface area contributed by atoms with Gasteiger partial charge >= 0.3 is 0 Å². The Labute approximate surface area is 84.3 Å². The van der Waals surface area contributed by atoms with Crippen LogP contribution in [0.15, 0.2) is 54.9 Å². The summed E-state index contributed by atoms with van der Waals surface area (Å²) in [6.45, 7) is 0.903. The summed E-state index contributed by atoms with van der Waals surface area (Å²) in [6, 6.07) is 10.5. The first-order valence-electron chi connectivity index (χ1n) is 4.76. The smallest absolute Gasteiger partial charge is 0.0469 e. The average Bonchev–Trinajstić information content (AvgIpc) is 2.23. The van der Waals surface area contributed by atoms with Gasteiger partial charge in [0.05, 0.1) is 0 Å². The zero-order valence-corrected chi connectivity index (χ0v) is 8.01. The van der Waals surface area contributed by atoms with Crippen molar-refractivity contribution in [2.75, 3.05) is 0 Å². The number of benzene rings is 1. The molecule has 0 radical (unpaired) electrons. The van der Waals surface area contributed by atoms with Gasteiger partial charge in [0.2, 0.25) is 0 Å². The molecule has 1 aliphatic heterocycles. The van der Waals surface area contributed by atoms with Crippen molar-refractivity contribution < 1.29 is 0 Å². The third kappa shape index (κ3) is 2.24. The zero-order chi connectivity index (χ0) is 9.80. The Morgan fingerprint density at radius 2 is 1.71 bits per heavy atom. The predicted molar refractivity (Wildman–Crippen MR) is 58.2 cm³/mol. The summed E-state index contributed by atoms with van der Waals surface area (Å²) < 4.78 is 0. The van der Waals surface area contributed by atoms with Crippen LogP contribution in [0.2, 0.25) is 0 Å². The van der Waals surface area contributed by atoms with Crippen molar-refractivity contribution in [3.63, 3.8) is 0 Å². The van der Waals surface area contributed by atoms with E-state index in [4.69, 9.17) is 5.73 Å². The monoisotopic (exact) mass is 186 g/mol. The van der Waals surface area contributed by atoms with E-state index in [1.54, 1.807) is 0 Å². The molecule has 1 aromatic carbocycles. The second kappa shape index (κ2) is 4.11. The maximum Gasteiger partial charge on any atom is 0.0469 e. The Kier molecular flexibility index (Phi) is 2.65. The molecule has 1 aromatic rings. The van der Waals surface area contributed by atoms with Gasteiger partial charge in [-0.1, -0.05) is 30.3 Å². The number of hydrogen-bond acceptors (Lipinski definition) is 2. The lowest BCUT2D eigenvalue weighted by Gasteiger charge is -2.19. The van der Waals surface area contributed by atoms with Crippen molar-refractivity contribution in [3.05, 3.63) is 60.4 Å². The molecule has 0 saturated heterocycles. The SMILES string of the molecule is NC1C=CN(Cc2ccccc2)C=C1. The van der Waals surface area contributed by atoms with Gasteiger partial charge in [0.25, 0.3) is 0 Å². The van der Waals surface area contributed by atoms with Gasteiger partial charge < -0.3 is 10.6 Å². The van der Waals surface area contributed by atoms with Crippen LogP contribution in [0.3, 0.4) is 0 Å². The molecule has 0 bridgehead atoms. The summed E-state index contributed by atoms with van der Waals surface area (Å²) in [5, 5.41) is 0. The molecule has 0 unspecified atom stereocenters. The quantitative estimate of drug-likeness (QED) is 0.763. The molecule has 0 saturated carbocycles. The average molecular weight is 186 g/mol. The highest BCUT2D eigenvalue weighted by Gasteiger charge is 2.02. The largest absolute Gasteiger partial charge is 0.350 e. The van der Waals surface area contributed by atoms with E-state index in [-0.39, 0.29) is 6.04 Å². The van der Waals surface area contributed by atoms with Crippen LogP contribution < -0.4 is 5.73 Å². The lowest BCUT2D eigenvalue weighted by atomic mass is 10.2. The van der Waals surface area contributed by atoms with Gasteiger partial charge in [0, 0.05) is 25.0 Å². The van der Waals surface area contributed by atoms with Crippen LogP contribution in [-0.2, 0) is 6.54 Å². The minimum Gasteiger partial charge on any atom is -0.350 e. The van der Waals surface area contributed by atoms with E-state index in [9.17, 15) is 0 Å². The van der Waals surface area contributed by atoms with E-state index >= 15 is 0 Å². The number of rotatable bonds is 2. The van der Waals surface area contributed by atoms with Gasteiger partial charge in [0.15, 0.2) is 0 Å². The molecule has 0 spiro atoms. The van der Waals surface area contributed by atoms with E-state index in [1.807, 2.05) is 30.6 Å². The lowest BCUT2D eigenvalue weighted by molar-refractivity contribution is 0.489. The van der Waals surface area contributed by atoms with Crippen molar-refractivity contribution in [1.82, 2.24) is 4.90 Å². The molecular formula is C12H14N2. The molecule has 2 nitrogen and oxygen atoms in total. The highest BCUT2D eigenvalue weighted by atomic mass is 15.1. The number of nitrogens with two attached hydrogens (primary N) is 1. The van der Waals surface area contributed by atoms with Gasteiger partial charge in [-0.25, -0.2) is 0 Å². The molecule has 72 valence electrons. The first kappa shape index (κ1) is 9.03. The minimum atomic E-state index is 0.0713. The molecule has 0 aliphatic carbocycles. The van der Waals surface area contributed by atoms with Crippen molar-refractivity contribution in [1.29, 1.82) is 0 Å². The number of hydrogen-bond donors (Lipinski definition) is 1. The molecular weight excluding hydrogens is 172 g/mol. The van der Waals surface area contributed by atoms with Crippen LogP contribution >= 0.6 is 0 Å². The second-order valence-corrected chi connectivity index (χ2v) is 3.42. The highest BCUT2D eigenvalue weighted by molar-refractivity contribution is 5.18. The summed E-state index contributed by atoms with van der Waals surface area (Å²) in [5.74, 6) is 0. The number of nitrogens with zero attached hydrogens (tertiary/aromatic N) is 1. The standard InChI is InChI=1S/C12H14N2/c13-12-6-8-14(9-7-12)10-11-4-2-1-3-5-11/h1-9,12H,10,13H2. The van der Waals surface area contributed by atoms with Crippen molar-refractivity contribution in [3.8, 4) is 0 Å². The van der Waals surface area contributed by atoms with Crippen LogP contribution in [0.4, 0.5) is 0 Å². The molecule has 1 aliphatic rings. The summed E-state index contributed by atoms with van der Waals surface area (Å²) in [6.07, 6.45) is 8.03. The summed E-state index contributed by atoms with van der Waals surface area (Å²) in [4.78, 5) is 2.12. The topological polar surface area (TPSA) is 29.3 Å². The Balaban J connectivity index is 2.00. The van der Waals surface area contributed by atoms with Gasteiger partial charge in [-0.3, -0.25) is 0 Å². The van der Waals surface area contributed by atoms with Crippen LogP contribution in [0.1, 0.15) is 5.56 Å². The van der Waals surface area contributed by atoms with Crippen molar-refractivity contribution in [2.24, 2.45) is 5.73 Å². The maximum atomic E-state index is 5.69. The molecule has 2 N–H and O–H groups in total. The zero-order valence-electron chi connectivity index (χ0n) is 8.01. The van der Waals surface area contributed by atoms with Crippen LogP contribution in [-0.4, -0.2) is 10.9 Å². The Morgan fingerprint density at radius 3 is 2.36 bits per heavy atom. The summed E-state index contributed by atoms with van der Waals surface area (Å²) in [5.41, 5.74) is 6.99. The molecule has 1 heterocycles. The van der Waals surface area contributed by atoms with Crippen LogP contribution in [0.25, 0.3) is 0 Å². The van der Waals surface area contributed by atoms with Gasteiger partial charge in [0.1, 0.15) is 0 Å². The first-order valence-corrected chi connectivity index (χ1v) is 4.76. The van der Waals surface area contributed by atoms with Crippen molar-refractivity contribution >= 4 is 0 Å². The van der Waals surface area contributed by atoms with Crippen LogP contribution in [0, 0.1) is 0 Å². The fourth-order valence-corrected chi connectivity index (χ4v) is 1.43. The maximum absolute atomic E-state index is 5.69. The second-order valence-electron chi connectivity index (χ2n) is 3.42. The predicted octanol–water partition coefficient (Wildman–Crippen LogP) is 1.86. The van der Waals surface area contributed by atoms with E-state index in [1.165, 1.54) is 5.56 Å². The molecule has 2 heteroatoms. The van der Waals surface area contributed by atoms with Gasteiger partial charge in [-0.05, 0) is 17.7 Å². The normalized spacial score (nSPS) is 16.2. The molecule has 14 heavy (non-hydrogen) atoms. The van der Waals surface area contributed by atoms with E-state index < -0.39 is 0 Å². The van der Waals surface area contributed by atoms with Gasteiger partial charge in [-0.15, -0.1) is 0 Å². The third-order valence-corrected chi connectivity index (χ3v) is 2.21. The molecule has 2 rings (SSSR count). The Hall–Kier alpha value is -1.54. The fraction of sp³-hybridized carbons (Fsp3) is 0.167. The molecule has 0 fully saturated rings. The van der Waals surface area contributed by atoms with Crippen LogP contribution in [0.5, 0.6) is 0 Å². The lowest BCUT2D eigenvalue weighted by Crippen LogP contribution is -2.21.